The lowest BCUT2D eigenvalue weighted by molar-refractivity contribution is 0.0358. The maximum absolute atomic E-state index is 13.1. The number of ether oxygens (including phenoxy) is 3. The van der Waals surface area contributed by atoms with Gasteiger partial charge in [-0.1, -0.05) is 6.07 Å². The number of sulfonamides is 1. The average Bonchev–Trinajstić information content (AvgIpc) is 2.99. The lowest BCUT2D eigenvalue weighted by Gasteiger charge is -2.26. The standard InChI is InChI=1S/C28H36N6O5S/c1-22-21-29-28(31-23-6-8-25(9-7-23)39-15-3-10-33-11-16-37-17-12-33)32-27(22)30-24-4-2-5-26(20-24)40(35,36)34-13-18-38-19-14-34/h2,4-9,20-21H,3,10-19H2,1H3,(H2,29,30,31,32). The predicted molar refractivity (Wildman–Crippen MR) is 153 cm³/mol. The first-order valence-electron chi connectivity index (χ1n) is 13.6. The molecule has 0 bridgehead atoms. The molecule has 0 aliphatic carbocycles. The van der Waals surface area contributed by atoms with Crippen LogP contribution in [0.5, 0.6) is 5.75 Å². The molecule has 0 amide bonds. The molecule has 40 heavy (non-hydrogen) atoms. The summed E-state index contributed by atoms with van der Waals surface area (Å²) >= 11 is 0. The smallest absolute Gasteiger partial charge is 0.243 e. The zero-order valence-corrected chi connectivity index (χ0v) is 23.5. The normalized spacial score (nSPS) is 16.9. The highest BCUT2D eigenvalue weighted by molar-refractivity contribution is 7.89. The molecule has 0 spiro atoms. The van der Waals surface area contributed by atoms with E-state index in [-0.39, 0.29) is 4.90 Å². The van der Waals surface area contributed by atoms with E-state index in [1.165, 1.54) is 4.31 Å². The molecular weight excluding hydrogens is 532 g/mol. The van der Waals surface area contributed by atoms with Crippen LogP contribution in [0.2, 0.25) is 0 Å². The van der Waals surface area contributed by atoms with E-state index in [0.29, 0.717) is 50.4 Å². The van der Waals surface area contributed by atoms with Gasteiger partial charge in [0, 0.05) is 55.9 Å². The monoisotopic (exact) mass is 568 g/mol. The van der Waals surface area contributed by atoms with E-state index in [2.05, 4.69) is 25.5 Å². The van der Waals surface area contributed by atoms with Crippen molar-refractivity contribution in [3.8, 4) is 5.75 Å². The van der Waals surface area contributed by atoms with Crippen molar-refractivity contribution in [1.82, 2.24) is 19.2 Å². The molecule has 2 fully saturated rings. The Morgan fingerprint density at radius 2 is 1.65 bits per heavy atom. The van der Waals surface area contributed by atoms with Gasteiger partial charge in [0.25, 0.3) is 0 Å². The fraction of sp³-hybridized carbons (Fsp3) is 0.429. The molecule has 0 radical (unpaired) electrons. The molecule has 2 saturated heterocycles. The highest BCUT2D eigenvalue weighted by atomic mass is 32.2. The van der Waals surface area contributed by atoms with Crippen molar-refractivity contribution >= 4 is 33.2 Å². The van der Waals surface area contributed by atoms with E-state index in [9.17, 15) is 8.42 Å². The Balaban J connectivity index is 1.17. The Bertz CT molecular complexity index is 1360. The number of aromatic nitrogens is 2. The fourth-order valence-corrected chi connectivity index (χ4v) is 5.96. The molecule has 0 saturated carbocycles. The van der Waals surface area contributed by atoms with Gasteiger partial charge in [-0.15, -0.1) is 0 Å². The van der Waals surface area contributed by atoms with Crippen LogP contribution in [0, 0.1) is 6.92 Å². The molecule has 2 N–H and O–H groups in total. The number of morpholine rings is 2. The first-order valence-corrected chi connectivity index (χ1v) is 15.0. The molecule has 12 heteroatoms. The first-order chi connectivity index (χ1) is 19.5. The van der Waals surface area contributed by atoms with Crippen LogP contribution in [0.1, 0.15) is 12.0 Å². The fourth-order valence-electron chi connectivity index (χ4n) is 4.50. The van der Waals surface area contributed by atoms with Gasteiger partial charge in [0.05, 0.1) is 37.9 Å². The summed E-state index contributed by atoms with van der Waals surface area (Å²) in [7, 11) is -3.60. The molecule has 0 atom stereocenters. The van der Waals surface area contributed by atoms with Gasteiger partial charge in [-0.25, -0.2) is 13.4 Å². The molecule has 2 aliphatic heterocycles. The van der Waals surface area contributed by atoms with Crippen LogP contribution in [0.3, 0.4) is 0 Å². The van der Waals surface area contributed by atoms with Gasteiger partial charge in [0.2, 0.25) is 16.0 Å². The maximum Gasteiger partial charge on any atom is 0.243 e. The zero-order chi connectivity index (χ0) is 27.8. The minimum absolute atomic E-state index is 0.230. The van der Waals surface area contributed by atoms with Crippen molar-refractivity contribution in [2.45, 2.75) is 18.2 Å². The lowest BCUT2D eigenvalue weighted by atomic mass is 10.3. The lowest BCUT2D eigenvalue weighted by Crippen LogP contribution is -2.40. The van der Waals surface area contributed by atoms with Gasteiger partial charge in [0.1, 0.15) is 11.6 Å². The Kier molecular flexibility index (Phi) is 9.45. The third-order valence-electron chi connectivity index (χ3n) is 6.78. The van der Waals surface area contributed by atoms with Crippen LogP contribution in [-0.4, -0.2) is 93.3 Å². The van der Waals surface area contributed by atoms with E-state index in [1.54, 1.807) is 24.4 Å². The van der Waals surface area contributed by atoms with E-state index in [4.69, 9.17) is 14.2 Å². The van der Waals surface area contributed by atoms with Gasteiger partial charge < -0.3 is 24.8 Å². The van der Waals surface area contributed by atoms with Crippen molar-refractivity contribution in [3.05, 3.63) is 60.3 Å². The molecule has 0 unspecified atom stereocenters. The van der Waals surface area contributed by atoms with Crippen LogP contribution in [-0.2, 0) is 19.5 Å². The molecule has 5 rings (SSSR count). The van der Waals surface area contributed by atoms with Crippen molar-refractivity contribution in [2.24, 2.45) is 0 Å². The highest BCUT2D eigenvalue weighted by Gasteiger charge is 2.26. The van der Waals surface area contributed by atoms with Gasteiger partial charge in [0.15, 0.2) is 0 Å². The second kappa shape index (κ2) is 13.4. The van der Waals surface area contributed by atoms with Crippen molar-refractivity contribution < 1.29 is 22.6 Å². The Hall–Kier alpha value is -3.29. The zero-order valence-electron chi connectivity index (χ0n) is 22.7. The molecule has 3 aromatic rings. The number of nitrogens with one attached hydrogen (secondary N) is 2. The summed E-state index contributed by atoms with van der Waals surface area (Å²) in [5.41, 5.74) is 2.28. The molecule has 11 nitrogen and oxygen atoms in total. The number of nitrogens with zero attached hydrogens (tertiary/aromatic N) is 4. The number of rotatable bonds is 11. The number of benzene rings is 2. The maximum atomic E-state index is 13.1. The molecule has 214 valence electrons. The first kappa shape index (κ1) is 28.2. The van der Waals surface area contributed by atoms with Crippen LogP contribution in [0.25, 0.3) is 0 Å². The topological polar surface area (TPSA) is 118 Å². The van der Waals surface area contributed by atoms with Crippen LogP contribution < -0.4 is 15.4 Å². The van der Waals surface area contributed by atoms with Crippen molar-refractivity contribution in [3.63, 3.8) is 0 Å². The number of aryl methyl sites for hydroxylation is 1. The summed E-state index contributed by atoms with van der Waals surface area (Å²) in [6.45, 7) is 8.66. The van der Waals surface area contributed by atoms with Gasteiger partial charge >= 0.3 is 0 Å². The van der Waals surface area contributed by atoms with Gasteiger partial charge in [-0.2, -0.15) is 9.29 Å². The van der Waals surface area contributed by atoms with E-state index in [0.717, 1.165) is 56.3 Å². The SMILES string of the molecule is Cc1cnc(Nc2ccc(OCCCN3CCOCC3)cc2)nc1Nc1cccc(S(=O)(=O)N2CCOCC2)c1. The molecular formula is C28H36N6O5S. The number of anilines is 4. The summed E-state index contributed by atoms with van der Waals surface area (Å²) in [6.07, 6.45) is 2.69. The molecule has 2 aliphatic rings. The predicted octanol–water partition coefficient (Wildman–Crippen LogP) is 3.39. The van der Waals surface area contributed by atoms with E-state index >= 15 is 0 Å². The largest absolute Gasteiger partial charge is 0.494 e. The van der Waals surface area contributed by atoms with Crippen molar-refractivity contribution in [2.75, 3.05) is 76.4 Å². The second-order valence-corrected chi connectivity index (χ2v) is 11.6. The Labute approximate surface area is 235 Å². The van der Waals surface area contributed by atoms with Crippen LogP contribution >= 0.6 is 0 Å². The summed E-state index contributed by atoms with van der Waals surface area (Å²) in [5, 5.41) is 6.47. The van der Waals surface area contributed by atoms with Crippen LogP contribution in [0.15, 0.2) is 59.6 Å². The Morgan fingerprint density at radius 3 is 2.40 bits per heavy atom. The summed E-state index contributed by atoms with van der Waals surface area (Å²) in [4.78, 5) is 11.6. The second-order valence-electron chi connectivity index (χ2n) is 9.70. The average molecular weight is 569 g/mol. The summed E-state index contributed by atoms with van der Waals surface area (Å²) in [5.74, 6) is 1.81. The van der Waals surface area contributed by atoms with E-state index in [1.807, 2.05) is 37.3 Å². The van der Waals surface area contributed by atoms with Gasteiger partial charge in [-0.05, 0) is 55.8 Å². The third-order valence-corrected chi connectivity index (χ3v) is 8.67. The van der Waals surface area contributed by atoms with Gasteiger partial charge in [-0.3, -0.25) is 4.90 Å². The molecule has 3 heterocycles. The third kappa shape index (κ3) is 7.46. The number of hydrogen-bond acceptors (Lipinski definition) is 10. The number of hydrogen-bond donors (Lipinski definition) is 2. The van der Waals surface area contributed by atoms with Crippen molar-refractivity contribution in [1.29, 1.82) is 0 Å². The highest BCUT2D eigenvalue weighted by Crippen LogP contribution is 2.25. The minimum Gasteiger partial charge on any atom is -0.494 e. The minimum atomic E-state index is -3.60. The molecule has 2 aromatic carbocycles. The van der Waals surface area contributed by atoms with Crippen LogP contribution in [0.4, 0.5) is 23.1 Å². The summed E-state index contributed by atoms with van der Waals surface area (Å²) < 4.78 is 44.2. The quantitative estimate of drug-likeness (QED) is 0.333. The molecule has 1 aromatic heterocycles. The Morgan fingerprint density at radius 1 is 0.925 bits per heavy atom. The van der Waals surface area contributed by atoms with E-state index < -0.39 is 10.0 Å². The summed E-state index contributed by atoms with van der Waals surface area (Å²) in [6, 6.07) is 14.5.